The van der Waals surface area contributed by atoms with Crippen molar-refractivity contribution in [1.29, 1.82) is 0 Å². The summed E-state index contributed by atoms with van der Waals surface area (Å²) in [5, 5.41) is 7.02. The molecule has 0 saturated carbocycles. The normalized spacial score (nSPS) is 13.7. The Bertz CT molecular complexity index is 456. The lowest BCUT2D eigenvalue weighted by Gasteiger charge is -2.10. The van der Waals surface area contributed by atoms with Crippen molar-refractivity contribution in [3.8, 4) is 0 Å². The fraction of sp³-hybridized carbons (Fsp3) is 0.818. The molecule has 1 N–H and O–H groups in total. The zero-order valence-electron chi connectivity index (χ0n) is 11.1. The van der Waals surface area contributed by atoms with E-state index < -0.39 is 9.84 Å². The van der Waals surface area contributed by atoms with Gasteiger partial charge in [0.05, 0.1) is 0 Å². The lowest BCUT2D eigenvalue weighted by atomic mass is 10.2. The molecule has 7 heteroatoms. The van der Waals surface area contributed by atoms with Gasteiger partial charge in [-0.05, 0) is 26.3 Å². The first-order valence-corrected chi connectivity index (χ1v) is 8.19. The highest BCUT2D eigenvalue weighted by Crippen LogP contribution is 2.05. The van der Waals surface area contributed by atoms with Gasteiger partial charge in [-0.1, -0.05) is 12.1 Å². The van der Waals surface area contributed by atoms with E-state index in [2.05, 4.69) is 29.3 Å². The van der Waals surface area contributed by atoms with E-state index in [9.17, 15) is 8.42 Å². The molecule has 0 bridgehead atoms. The minimum Gasteiger partial charge on any atom is -0.339 e. The predicted molar refractivity (Wildman–Crippen MR) is 68.9 cm³/mol. The van der Waals surface area contributed by atoms with E-state index in [-0.39, 0.29) is 11.6 Å². The van der Waals surface area contributed by atoms with Gasteiger partial charge >= 0.3 is 0 Å². The third-order valence-electron chi connectivity index (χ3n) is 2.44. The first-order chi connectivity index (χ1) is 8.40. The molecule has 0 aliphatic rings. The molecule has 0 radical (unpaired) electrons. The van der Waals surface area contributed by atoms with E-state index in [1.807, 2.05) is 0 Å². The second kappa shape index (κ2) is 6.84. The molecular weight excluding hydrogens is 254 g/mol. The number of nitrogens with zero attached hydrogens (tertiary/aromatic N) is 2. The highest BCUT2D eigenvalue weighted by Gasteiger charge is 2.12. The summed E-state index contributed by atoms with van der Waals surface area (Å²) in [5.74, 6) is 0.570. The molecule has 104 valence electrons. The van der Waals surface area contributed by atoms with Crippen molar-refractivity contribution in [1.82, 2.24) is 15.5 Å². The van der Waals surface area contributed by atoms with Crippen LogP contribution in [0.1, 0.15) is 38.4 Å². The van der Waals surface area contributed by atoms with Crippen LogP contribution in [0.15, 0.2) is 4.52 Å². The van der Waals surface area contributed by atoms with Crippen molar-refractivity contribution in [2.24, 2.45) is 0 Å². The van der Waals surface area contributed by atoms with Crippen molar-refractivity contribution in [2.45, 2.75) is 44.9 Å². The van der Waals surface area contributed by atoms with Gasteiger partial charge in [0.25, 0.3) is 0 Å². The number of hydrogen-bond donors (Lipinski definition) is 1. The summed E-state index contributed by atoms with van der Waals surface area (Å²) in [6, 6.07) is 0.384. The van der Waals surface area contributed by atoms with Gasteiger partial charge in [0.1, 0.15) is 5.75 Å². The van der Waals surface area contributed by atoms with Crippen LogP contribution in [0.2, 0.25) is 0 Å². The minimum atomic E-state index is -3.10. The molecule has 0 spiro atoms. The predicted octanol–water partition coefficient (Wildman–Crippen LogP) is 0.935. The van der Waals surface area contributed by atoms with E-state index >= 15 is 0 Å². The van der Waals surface area contributed by atoms with Crippen LogP contribution < -0.4 is 5.32 Å². The second-order valence-electron chi connectivity index (χ2n) is 4.57. The molecule has 1 rings (SSSR count). The lowest BCUT2D eigenvalue weighted by molar-refractivity contribution is 0.363. The van der Waals surface area contributed by atoms with Gasteiger partial charge in [-0.2, -0.15) is 4.98 Å². The topological polar surface area (TPSA) is 85.1 Å². The number of aryl methyl sites for hydroxylation is 1. The van der Waals surface area contributed by atoms with Crippen LogP contribution in [-0.2, 0) is 22.0 Å². The van der Waals surface area contributed by atoms with Crippen molar-refractivity contribution in [3.63, 3.8) is 0 Å². The van der Waals surface area contributed by atoms with Gasteiger partial charge in [-0.15, -0.1) is 0 Å². The van der Waals surface area contributed by atoms with Gasteiger partial charge in [0, 0.05) is 18.7 Å². The zero-order valence-corrected chi connectivity index (χ0v) is 12.0. The van der Waals surface area contributed by atoms with Crippen LogP contribution in [-0.4, -0.2) is 37.4 Å². The first-order valence-electron chi connectivity index (χ1n) is 6.13. The summed E-state index contributed by atoms with van der Waals surface area (Å²) in [7, 11) is -3.10. The Kier molecular flexibility index (Phi) is 5.74. The minimum absolute atomic E-state index is 0.167. The summed E-state index contributed by atoms with van der Waals surface area (Å²) in [6.07, 6.45) is 3.80. The molecule has 0 saturated heterocycles. The molecule has 0 aliphatic carbocycles. The Morgan fingerprint density at radius 1 is 1.44 bits per heavy atom. The Labute approximate surface area is 108 Å². The standard InChI is InChI=1S/C11H21N3O3S/c1-4-7-12-9(2)5-6-11-13-10(14-17-11)8-18(3,15)16/h9,12H,4-8H2,1-3H3. The molecule has 18 heavy (non-hydrogen) atoms. The van der Waals surface area contributed by atoms with Crippen LogP contribution in [0.5, 0.6) is 0 Å². The van der Waals surface area contributed by atoms with Gasteiger partial charge in [0.15, 0.2) is 15.7 Å². The quantitative estimate of drug-likeness (QED) is 0.760. The van der Waals surface area contributed by atoms with Crippen LogP contribution in [0.25, 0.3) is 0 Å². The average Bonchev–Trinajstić information content (AvgIpc) is 2.68. The van der Waals surface area contributed by atoms with Crippen LogP contribution >= 0.6 is 0 Å². The monoisotopic (exact) mass is 275 g/mol. The Balaban J connectivity index is 2.40. The van der Waals surface area contributed by atoms with E-state index in [1.54, 1.807) is 0 Å². The first kappa shape index (κ1) is 15.1. The maximum atomic E-state index is 11.1. The summed E-state index contributed by atoms with van der Waals surface area (Å²) in [4.78, 5) is 4.06. The number of rotatable bonds is 8. The van der Waals surface area contributed by atoms with E-state index in [0.29, 0.717) is 18.4 Å². The van der Waals surface area contributed by atoms with Gasteiger partial charge in [0.2, 0.25) is 5.89 Å². The van der Waals surface area contributed by atoms with Gasteiger partial charge < -0.3 is 9.84 Å². The summed E-state index contributed by atoms with van der Waals surface area (Å²) < 4.78 is 27.1. The zero-order chi connectivity index (χ0) is 13.6. The molecule has 0 aliphatic heterocycles. The van der Waals surface area contributed by atoms with Gasteiger partial charge in [-0.3, -0.25) is 0 Å². The third kappa shape index (κ3) is 6.11. The molecule has 0 amide bonds. The molecule has 0 aromatic carbocycles. The van der Waals surface area contributed by atoms with Crippen molar-refractivity contribution < 1.29 is 12.9 Å². The van der Waals surface area contributed by atoms with Crippen LogP contribution in [0.3, 0.4) is 0 Å². The maximum Gasteiger partial charge on any atom is 0.226 e. The van der Waals surface area contributed by atoms with Crippen molar-refractivity contribution >= 4 is 9.84 Å². The van der Waals surface area contributed by atoms with Crippen molar-refractivity contribution in [2.75, 3.05) is 12.8 Å². The highest BCUT2D eigenvalue weighted by molar-refractivity contribution is 7.89. The summed E-state index contributed by atoms with van der Waals surface area (Å²) in [6.45, 7) is 5.21. The van der Waals surface area contributed by atoms with Crippen LogP contribution in [0, 0.1) is 0 Å². The fourth-order valence-corrected chi connectivity index (χ4v) is 2.10. The molecule has 6 nitrogen and oxygen atoms in total. The number of nitrogens with one attached hydrogen (secondary N) is 1. The molecule has 1 unspecified atom stereocenters. The SMILES string of the molecule is CCCNC(C)CCc1nc(CS(C)(=O)=O)no1. The summed E-state index contributed by atoms with van der Waals surface area (Å²) in [5.41, 5.74) is 0. The average molecular weight is 275 g/mol. The second-order valence-corrected chi connectivity index (χ2v) is 6.71. The van der Waals surface area contributed by atoms with E-state index in [0.717, 1.165) is 25.6 Å². The smallest absolute Gasteiger partial charge is 0.226 e. The third-order valence-corrected chi connectivity index (χ3v) is 3.22. The molecule has 1 aromatic heterocycles. The fourth-order valence-electron chi connectivity index (χ4n) is 1.52. The molecule has 1 atom stereocenters. The summed E-state index contributed by atoms with van der Waals surface area (Å²) >= 11 is 0. The molecule has 0 fully saturated rings. The van der Waals surface area contributed by atoms with E-state index in [4.69, 9.17) is 4.52 Å². The van der Waals surface area contributed by atoms with Gasteiger partial charge in [-0.25, -0.2) is 8.42 Å². The lowest BCUT2D eigenvalue weighted by Crippen LogP contribution is -2.27. The molecule has 1 heterocycles. The number of aromatic nitrogens is 2. The Hall–Kier alpha value is -0.950. The largest absolute Gasteiger partial charge is 0.339 e. The Morgan fingerprint density at radius 3 is 2.78 bits per heavy atom. The van der Waals surface area contributed by atoms with E-state index in [1.165, 1.54) is 0 Å². The number of hydrogen-bond acceptors (Lipinski definition) is 6. The molecular formula is C11H21N3O3S. The van der Waals surface area contributed by atoms with Crippen LogP contribution in [0.4, 0.5) is 0 Å². The maximum absolute atomic E-state index is 11.1. The number of sulfone groups is 1. The highest BCUT2D eigenvalue weighted by atomic mass is 32.2. The molecule has 1 aromatic rings. The Morgan fingerprint density at radius 2 is 2.17 bits per heavy atom. The van der Waals surface area contributed by atoms with Crippen molar-refractivity contribution in [3.05, 3.63) is 11.7 Å².